The third-order valence-corrected chi connectivity index (χ3v) is 29.9. The zero-order chi connectivity index (χ0) is 98.5. The maximum atomic E-state index is 14.4. The number of hydrogen-bond donors (Lipinski definition) is 2. The lowest BCUT2D eigenvalue weighted by molar-refractivity contribution is -0.139. The summed E-state index contributed by atoms with van der Waals surface area (Å²) in [5, 5.41) is 32.4. The number of Topliss-reactive ketones (excluding diaryl/α,β-unsaturated/α-hetero) is 5. The van der Waals surface area contributed by atoms with Crippen LogP contribution in [0, 0.1) is 50.9 Å². The molecule has 3 saturated heterocycles. The molecule has 10 aromatic heterocycles. The molecule has 2 N–H and O–H groups in total. The van der Waals surface area contributed by atoms with Gasteiger partial charge in [-0.15, -0.1) is 34.0 Å². The van der Waals surface area contributed by atoms with Crippen LogP contribution < -0.4 is 5.32 Å². The van der Waals surface area contributed by atoms with Gasteiger partial charge in [-0.2, -0.15) is 10.2 Å². The molecule has 3 aliphatic heterocycles. The van der Waals surface area contributed by atoms with E-state index in [9.17, 15) is 38.4 Å². The van der Waals surface area contributed by atoms with Crippen LogP contribution >= 0.6 is 81.8 Å². The van der Waals surface area contributed by atoms with Crippen molar-refractivity contribution in [3.8, 4) is 22.3 Å². The van der Waals surface area contributed by atoms with Crippen LogP contribution in [0.25, 0.3) is 44.1 Å². The smallest absolute Gasteiger partial charge is 0.411 e. The van der Waals surface area contributed by atoms with E-state index in [4.69, 9.17) is 26.2 Å². The number of carbonyl (C=O) groups excluding carboxylic acids is 7. The van der Waals surface area contributed by atoms with Crippen LogP contribution in [0.4, 0.5) is 4.79 Å². The highest BCUT2D eigenvalue weighted by atomic mass is 79.9. The Morgan fingerprint density at radius 1 is 0.481 bits per heavy atom. The zero-order valence-electron chi connectivity index (χ0n) is 81.2. The Bertz CT molecular complexity index is 6590. The molecule has 3 saturated carbocycles. The van der Waals surface area contributed by atoms with E-state index in [1.54, 1.807) is 88.3 Å². The van der Waals surface area contributed by atoms with E-state index >= 15 is 0 Å². The topological polar surface area (TPSA) is 349 Å². The second kappa shape index (κ2) is 39.7. The molecule has 710 valence electrons. The molecule has 0 unspecified atom stereocenters. The minimum absolute atomic E-state index is 0.000906. The van der Waals surface area contributed by atoms with E-state index in [1.807, 2.05) is 120 Å². The number of aliphatic carboxylic acids is 1. The molecule has 18 rings (SSSR count). The predicted molar refractivity (Wildman–Crippen MR) is 535 cm³/mol. The van der Waals surface area contributed by atoms with Crippen LogP contribution in [-0.2, 0) is 96.6 Å². The maximum absolute atomic E-state index is 14.4. The Morgan fingerprint density at radius 2 is 0.852 bits per heavy atom. The van der Waals surface area contributed by atoms with E-state index < -0.39 is 29.7 Å². The van der Waals surface area contributed by atoms with E-state index in [2.05, 4.69) is 177 Å². The van der Waals surface area contributed by atoms with Gasteiger partial charge in [-0.25, -0.2) is 54.6 Å². The van der Waals surface area contributed by atoms with Gasteiger partial charge in [0.1, 0.15) is 55.5 Å². The highest BCUT2D eigenvalue weighted by molar-refractivity contribution is 9.11. The Kier molecular flexibility index (Phi) is 29.2. The summed E-state index contributed by atoms with van der Waals surface area (Å²) >= 11 is 15.3. The molecule has 13 heterocycles. The molecule has 135 heavy (non-hydrogen) atoms. The molecule has 2 amide bonds. The Labute approximate surface area is 826 Å². The van der Waals surface area contributed by atoms with Crippen molar-refractivity contribution in [2.75, 3.05) is 0 Å². The number of thiazole rings is 3. The largest absolute Gasteiger partial charge is 0.480 e. The number of hydrogen-bond acceptors (Lipinski definition) is 25. The average molecular weight is 2080 g/mol. The number of pyridine rings is 3. The summed E-state index contributed by atoms with van der Waals surface area (Å²) in [5.41, 5.74) is 13.1. The van der Waals surface area contributed by atoms with Crippen LogP contribution in [0.2, 0.25) is 0 Å². The SMILES string of the molecule is CC(=O)c1nn(CC(=O)N2[C@H](C(=O)Cc3nc(Br)ccc3C)C[C@@]3(Cc4nc(C(C)(C)C)cs4)C[C@@H]23)c2ccc(-c3cnc(C)nc3)cc12.CC(=O)c1nn(CC(=O)O)c2ccc(-c3cnc(C)nc3)cc12.Cc1ccc(Br)nc1CC(=O)[C@@H]1C[C@@]2(Cc3nc(C(C)(C)C)cs3)C[C@H]2N1.Cc1ccc(Br)nc1CC(=O)[C@@H]1C[C@@]2(Cc3nc(C(C)(C)C)cs3)C[C@H]2N1C(=O)OC(C)(C)C.[2H]CC. The summed E-state index contributed by atoms with van der Waals surface area (Å²) in [5.74, 6) is -0.0207. The zero-order valence-corrected chi connectivity index (χ0v) is 87.4. The maximum Gasteiger partial charge on any atom is 0.411 e. The van der Waals surface area contributed by atoms with Crippen molar-refractivity contribution in [3.63, 3.8) is 0 Å². The fourth-order valence-corrected chi connectivity index (χ4v) is 22.9. The number of aryl methyl sites for hydroxylation is 5. The molecule has 0 bridgehead atoms. The van der Waals surface area contributed by atoms with Crippen LogP contribution in [-0.4, -0.2) is 173 Å². The van der Waals surface area contributed by atoms with Crippen LogP contribution in [0.1, 0.15) is 249 Å². The number of fused-ring (bicyclic) bond motifs is 5. The third-order valence-electron chi connectivity index (χ3n) is 26.0. The van der Waals surface area contributed by atoms with Gasteiger partial charge in [0.05, 0.1) is 97.6 Å². The highest BCUT2D eigenvalue weighted by Crippen LogP contribution is 2.64. The van der Waals surface area contributed by atoms with Crippen molar-refractivity contribution < 1.29 is 49.6 Å². The quantitative estimate of drug-likeness (QED) is 0.0444. The molecule has 6 fully saturated rings. The Balaban J connectivity index is 0.000000150. The molecule has 12 aromatic rings. The summed E-state index contributed by atoms with van der Waals surface area (Å²) in [6, 6.07) is 21.9. The minimum Gasteiger partial charge on any atom is -0.480 e. The Morgan fingerprint density at radius 3 is 1.22 bits per heavy atom. The molecule has 27 nitrogen and oxygen atoms in total. The fraction of sp³-hybridized carbons (Fsp3) is 0.471. The number of ketones is 5. The van der Waals surface area contributed by atoms with Gasteiger partial charge >= 0.3 is 12.1 Å². The van der Waals surface area contributed by atoms with E-state index in [0.717, 1.165) is 121 Å². The molecular formula is C102H118Br3N17O10S3. The molecule has 6 aliphatic rings. The highest BCUT2D eigenvalue weighted by Gasteiger charge is 2.69. The normalized spacial score (nSPS) is 20.7. The number of amides is 2. The Hall–Kier alpha value is -10.2. The van der Waals surface area contributed by atoms with Crippen molar-refractivity contribution in [3.05, 3.63) is 216 Å². The summed E-state index contributed by atoms with van der Waals surface area (Å²) in [4.78, 5) is 152. The third kappa shape index (κ3) is 23.1. The molecule has 0 radical (unpaired) electrons. The van der Waals surface area contributed by atoms with Gasteiger partial charge in [0.25, 0.3) is 0 Å². The summed E-state index contributed by atoms with van der Waals surface area (Å²) < 4.78 is 17.0. The standard InChI is InChI=1S/C37H38BrN7O3S.C26H34BrN3O3S.C21H26BrN3OS.C16H14N4O3.C2H6/c1-20-7-10-32(38)41-26(20)12-29(47)28-13-37(15-33-42-30(19-49-33)36(4,5)6)14-31(37)45(28)34(48)18-44-27-9-8-23(24-16-39-22(3)40-17-24)11-25(27)35(43-44)21(2)46;1-15-8-9-21(27)28-16(15)10-18(31)17-11-26(13-22-29-19(14-34-22)24(2,3)4)12-20(26)30(17)23(32)33-25(5,6)7;1-12-5-6-18(22)24-13(12)7-15(26)14-8-21(9-16(21)23-14)10-19-25-17(11-27-19)20(2,3)4;1-9(21)16-13-5-11(12-6-17-10(2)18-7-12)3-4-14(13)20(19-16)8-15(22)23;1-2/h7-11,16-17,19,28,31H,12-15,18H2,1-6H3;8-9,14,17,20H,10-13H2,1-7H3;5-6,11,14,16,23H,7-10H2,1-4H3;3-7H,8H2,1-2H3,(H,22,23);1-2H3/t28-,31+,37-;17-,20+,26-;14-,16+,21-;;/m000../s1/i;;;;1D. The number of piperidine rings is 3. The van der Waals surface area contributed by atoms with Gasteiger partial charge in [-0.05, 0) is 217 Å². The van der Waals surface area contributed by atoms with Crippen molar-refractivity contribution >= 4 is 150 Å². The van der Waals surface area contributed by atoms with Crippen molar-refractivity contribution in [2.24, 2.45) is 16.2 Å². The number of aromatic nitrogens is 14. The number of carbonyl (C=O) groups is 8. The number of likely N-dealkylation sites (tertiary alicyclic amines) is 2. The van der Waals surface area contributed by atoms with Gasteiger partial charge < -0.3 is 20.1 Å². The number of nitrogens with one attached hydrogen (secondary N) is 1. The lowest BCUT2D eigenvalue weighted by Crippen LogP contribution is -2.46. The van der Waals surface area contributed by atoms with E-state index in [-0.39, 0.29) is 117 Å². The van der Waals surface area contributed by atoms with Gasteiger partial charge in [0, 0.05) is 143 Å². The van der Waals surface area contributed by atoms with Gasteiger partial charge in [0.15, 0.2) is 28.9 Å². The first-order valence-corrected chi connectivity index (χ1v) is 50.5. The first-order chi connectivity index (χ1) is 63.9. The number of carboxylic acid groups (broad SMARTS) is 1. The monoisotopic (exact) mass is 2070 g/mol. The number of halogens is 3. The fourth-order valence-electron chi connectivity index (χ4n) is 18.3. The number of ether oxygens (including phenoxy) is 1. The second-order valence-electron chi connectivity index (χ2n) is 40.6. The molecule has 9 atom stereocenters. The lowest BCUT2D eigenvalue weighted by atomic mass is 9.92. The summed E-state index contributed by atoms with van der Waals surface area (Å²) in [7, 11) is 0. The first kappa shape index (κ1) is 99.3. The van der Waals surface area contributed by atoms with E-state index in [1.165, 1.54) is 29.2 Å². The van der Waals surface area contributed by atoms with Gasteiger partial charge in [0.2, 0.25) is 5.91 Å². The number of rotatable bonds is 23. The molecular weight excluding hydrogens is 1960 g/mol. The summed E-state index contributed by atoms with van der Waals surface area (Å²) in [6.45, 7) is 39.5. The van der Waals surface area contributed by atoms with Gasteiger partial charge in [-0.1, -0.05) is 106 Å². The van der Waals surface area contributed by atoms with Gasteiger partial charge in [-0.3, -0.25) is 47.8 Å². The molecule has 3 aliphatic carbocycles. The van der Waals surface area contributed by atoms with Crippen molar-refractivity contribution in [2.45, 2.75) is 294 Å². The molecule has 2 aromatic carbocycles. The molecule has 0 spiro atoms. The minimum atomic E-state index is -1.01. The van der Waals surface area contributed by atoms with Crippen LogP contribution in [0.3, 0.4) is 0 Å². The second-order valence-corrected chi connectivity index (χ2v) is 45.9. The number of benzene rings is 2. The first-order valence-electron chi connectivity index (χ1n) is 46.1. The van der Waals surface area contributed by atoms with Crippen molar-refractivity contribution in [1.29, 1.82) is 0 Å². The predicted octanol–water partition coefficient (Wildman–Crippen LogP) is 20.2. The van der Waals surface area contributed by atoms with Crippen LogP contribution in [0.5, 0.6) is 0 Å². The summed E-state index contributed by atoms with van der Waals surface area (Å²) in [6.07, 6.45) is 14.8. The van der Waals surface area contributed by atoms with Crippen LogP contribution in [0.15, 0.2) is 128 Å². The molecule has 33 heteroatoms. The van der Waals surface area contributed by atoms with E-state index in [0.29, 0.717) is 86.3 Å². The number of nitrogens with zero attached hydrogens (tertiary/aromatic N) is 16. The van der Waals surface area contributed by atoms with Crippen molar-refractivity contribution in [1.82, 2.24) is 84.5 Å². The number of carboxylic acids is 1. The average Bonchev–Trinajstić information content (AvgIpc) is 1.53. The lowest BCUT2D eigenvalue weighted by Gasteiger charge is -2.29.